The molecule has 3 aromatic rings. The molecule has 0 aliphatic heterocycles. The van der Waals surface area contributed by atoms with Crippen molar-refractivity contribution in [1.82, 2.24) is 25.5 Å². The van der Waals surface area contributed by atoms with Gasteiger partial charge in [0.2, 0.25) is 5.88 Å². The predicted octanol–water partition coefficient (Wildman–Crippen LogP) is 2.16. The van der Waals surface area contributed by atoms with Crippen molar-refractivity contribution in [3.05, 3.63) is 66.4 Å². The highest BCUT2D eigenvalue weighted by molar-refractivity contribution is 5.89. The van der Waals surface area contributed by atoms with Gasteiger partial charge in [-0.25, -0.2) is 14.8 Å². The predicted molar refractivity (Wildman–Crippen MR) is 92.5 cm³/mol. The van der Waals surface area contributed by atoms with Gasteiger partial charge in [-0.15, -0.1) is 0 Å². The number of aromatic amines is 1. The first-order valence-corrected chi connectivity index (χ1v) is 7.71. The van der Waals surface area contributed by atoms with Crippen molar-refractivity contribution in [2.24, 2.45) is 0 Å². The molecule has 2 heterocycles. The number of hydrogen-bond acceptors (Lipinski definition) is 5. The number of amides is 2. The van der Waals surface area contributed by atoms with E-state index in [-0.39, 0.29) is 11.9 Å². The van der Waals surface area contributed by atoms with Gasteiger partial charge >= 0.3 is 6.03 Å². The van der Waals surface area contributed by atoms with Gasteiger partial charge in [-0.3, -0.25) is 5.10 Å². The second-order valence-electron chi connectivity index (χ2n) is 5.26. The molecule has 0 aliphatic rings. The highest BCUT2D eigenvalue weighted by Gasteiger charge is 2.18. The Balaban J connectivity index is 1.63. The molecule has 3 rings (SSSR count). The van der Waals surface area contributed by atoms with E-state index in [0.717, 1.165) is 5.56 Å². The van der Waals surface area contributed by atoms with Crippen LogP contribution in [-0.2, 0) is 0 Å². The molecule has 25 heavy (non-hydrogen) atoms. The molecule has 0 saturated carbocycles. The number of carbonyl (C=O) groups is 1. The molecule has 1 atom stereocenters. The summed E-state index contributed by atoms with van der Waals surface area (Å²) in [7, 11) is 1.54. The molecule has 1 aromatic carbocycles. The van der Waals surface area contributed by atoms with E-state index in [9.17, 15) is 4.79 Å². The monoisotopic (exact) mass is 338 g/mol. The second-order valence-corrected chi connectivity index (χ2v) is 5.26. The normalized spacial score (nSPS) is 11.6. The third kappa shape index (κ3) is 4.31. The van der Waals surface area contributed by atoms with Crippen molar-refractivity contribution in [2.75, 3.05) is 19.0 Å². The van der Waals surface area contributed by atoms with Crippen molar-refractivity contribution in [3.63, 3.8) is 0 Å². The molecule has 2 aromatic heterocycles. The number of benzene rings is 1. The van der Waals surface area contributed by atoms with Gasteiger partial charge in [-0.1, -0.05) is 30.3 Å². The number of H-pyrrole nitrogens is 1. The summed E-state index contributed by atoms with van der Waals surface area (Å²) in [5.41, 5.74) is 1.61. The van der Waals surface area contributed by atoms with Crippen LogP contribution >= 0.6 is 0 Å². The summed E-state index contributed by atoms with van der Waals surface area (Å²) >= 11 is 0. The Bertz CT molecular complexity index is 790. The Morgan fingerprint density at radius 1 is 1.20 bits per heavy atom. The molecule has 2 amide bonds. The van der Waals surface area contributed by atoms with Gasteiger partial charge in [0.05, 0.1) is 24.9 Å². The summed E-state index contributed by atoms with van der Waals surface area (Å²) in [6, 6.07) is 12.9. The topological polar surface area (TPSA) is 105 Å². The number of methoxy groups -OCH3 is 1. The molecule has 0 bridgehead atoms. The van der Waals surface area contributed by atoms with Gasteiger partial charge in [-0.2, -0.15) is 5.10 Å². The molecule has 0 spiro atoms. The van der Waals surface area contributed by atoms with E-state index in [0.29, 0.717) is 23.9 Å². The van der Waals surface area contributed by atoms with Crippen molar-refractivity contribution in [2.45, 2.75) is 5.92 Å². The van der Waals surface area contributed by atoms with Gasteiger partial charge in [0.15, 0.2) is 0 Å². The van der Waals surface area contributed by atoms with Crippen molar-refractivity contribution < 1.29 is 9.53 Å². The Morgan fingerprint density at radius 3 is 2.68 bits per heavy atom. The van der Waals surface area contributed by atoms with Crippen LogP contribution in [0.3, 0.4) is 0 Å². The minimum Gasteiger partial charge on any atom is -0.481 e. The van der Waals surface area contributed by atoms with Crippen LogP contribution in [0.5, 0.6) is 5.88 Å². The quantitative estimate of drug-likeness (QED) is 0.639. The van der Waals surface area contributed by atoms with E-state index >= 15 is 0 Å². The number of aromatic nitrogens is 4. The number of pyridine rings is 1. The number of ether oxygens (including phenoxy) is 1. The first-order valence-electron chi connectivity index (χ1n) is 7.71. The van der Waals surface area contributed by atoms with E-state index in [1.165, 1.54) is 19.6 Å². The maximum atomic E-state index is 12.1. The molecule has 0 radical (unpaired) electrons. The highest BCUT2D eigenvalue weighted by Crippen LogP contribution is 2.20. The zero-order valence-electron chi connectivity index (χ0n) is 13.6. The fraction of sp³-hybridized carbons (Fsp3) is 0.176. The number of nitrogens with one attached hydrogen (secondary N) is 3. The maximum absolute atomic E-state index is 12.1. The maximum Gasteiger partial charge on any atom is 0.319 e. The van der Waals surface area contributed by atoms with Crippen molar-refractivity contribution >= 4 is 11.7 Å². The molecular weight excluding hydrogens is 320 g/mol. The van der Waals surface area contributed by atoms with Crippen LogP contribution in [0.25, 0.3) is 0 Å². The van der Waals surface area contributed by atoms with Gasteiger partial charge in [-0.05, 0) is 11.6 Å². The molecule has 3 N–H and O–H groups in total. The lowest BCUT2D eigenvalue weighted by atomic mass is 9.98. The minimum absolute atomic E-state index is 0.122. The SMILES string of the molecule is COc1ccc(NC(=O)NCC(c2ccccc2)c2ncn[nH]2)cn1. The standard InChI is InChI=1S/C17H18N6O2/c1-25-15-8-7-13(9-18-15)22-17(24)19-10-14(16-20-11-21-23-16)12-5-3-2-4-6-12/h2-9,11,14H,10H2,1H3,(H2,19,22,24)(H,20,21,23). The number of urea groups is 1. The molecule has 8 nitrogen and oxygen atoms in total. The van der Waals surface area contributed by atoms with Gasteiger partial charge in [0.25, 0.3) is 0 Å². The first kappa shape index (κ1) is 16.4. The van der Waals surface area contributed by atoms with Gasteiger partial charge < -0.3 is 15.4 Å². The zero-order chi connectivity index (χ0) is 17.5. The number of rotatable bonds is 6. The van der Waals surface area contributed by atoms with Crippen molar-refractivity contribution in [1.29, 1.82) is 0 Å². The van der Waals surface area contributed by atoms with Crippen LogP contribution in [0, 0.1) is 0 Å². The first-order chi connectivity index (χ1) is 12.3. The fourth-order valence-corrected chi connectivity index (χ4v) is 2.39. The second kappa shape index (κ2) is 7.91. The summed E-state index contributed by atoms with van der Waals surface area (Å²) in [6.45, 7) is 0.370. The minimum atomic E-state index is -0.326. The molecule has 0 saturated heterocycles. The van der Waals surface area contributed by atoms with E-state index < -0.39 is 0 Å². The van der Waals surface area contributed by atoms with Gasteiger partial charge in [0, 0.05) is 12.6 Å². The molecule has 128 valence electrons. The summed E-state index contributed by atoms with van der Waals surface area (Å²) in [5, 5.41) is 12.3. The molecule has 0 fully saturated rings. The van der Waals surface area contributed by atoms with E-state index in [1.807, 2.05) is 30.3 Å². The smallest absolute Gasteiger partial charge is 0.319 e. The summed E-state index contributed by atoms with van der Waals surface area (Å²) in [5.74, 6) is 1.06. The summed E-state index contributed by atoms with van der Waals surface area (Å²) in [6.07, 6.45) is 2.98. The number of hydrogen-bond donors (Lipinski definition) is 3. The fourth-order valence-electron chi connectivity index (χ4n) is 2.39. The molecule has 0 aliphatic carbocycles. The highest BCUT2D eigenvalue weighted by atomic mass is 16.5. The van der Waals surface area contributed by atoms with Gasteiger partial charge in [0.1, 0.15) is 12.2 Å². The Kier molecular flexibility index (Phi) is 5.20. The van der Waals surface area contributed by atoms with Crippen LogP contribution in [-0.4, -0.2) is 39.9 Å². The molecule has 8 heteroatoms. The third-order valence-electron chi connectivity index (χ3n) is 3.64. The van der Waals surface area contributed by atoms with E-state index in [4.69, 9.17) is 4.74 Å². The number of carbonyl (C=O) groups excluding carboxylic acids is 1. The van der Waals surface area contributed by atoms with Crippen LogP contribution < -0.4 is 15.4 Å². The van der Waals surface area contributed by atoms with Crippen LogP contribution in [0.4, 0.5) is 10.5 Å². The lowest BCUT2D eigenvalue weighted by Gasteiger charge is -2.16. The lowest BCUT2D eigenvalue weighted by Crippen LogP contribution is -2.33. The lowest BCUT2D eigenvalue weighted by molar-refractivity contribution is 0.251. The largest absolute Gasteiger partial charge is 0.481 e. The van der Waals surface area contributed by atoms with Crippen LogP contribution in [0.2, 0.25) is 0 Å². The molecule has 1 unspecified atom stereocenters. The van der Waals surface area contributed by atoms with Crippen molar-refractivity contribution in [3.8, 4) is 5.88 Å². The summed E-state index contributed by atoms with van der Waals surface area (Å²) < 4.78 is 4.99. The summed E-state index contributed by atoms with van der Waals surface area (Å²) in [4.78, 5) is 20.4. The average molecular weight is 338 g/mol. The van der Waals surface area contributed by atoms with E-state index in [1.54, 1.807) is 12.1 Å². The average Bonchev–Trinajstić information content (AvgIpc) is 3.18. The Morgan fingerprint density at radius 2 is 2.04 bits per heavy atom. The van der Waals surface area contributed by atoms with Crippen LogP contribution in [0.15, 0.2) is 55.0 Å². The van der Waals surface area contributed by atoms with Crippen LogP contribution in [0.1, 0.15) is 17.3 Å². The number of nitrogens with zero attached hydrogens (tertiary/aromatic N) is 3. The Labute approximate surface area is 144 Å². The third-order valence-corrected chi connectivity index (χ3v) is 3.64. The van der Waals surface area contributed by atoms with E-state index in [2.05, 4.69) is 30.8 Å². The zero-order valence-corrected chi connectivity index (χ0v) is 13.6. The molecular formula is C17H18N6O2. The number of anilines is 1. The Hall–Kier alpha value is -3.42.